The molecule has 0 heterocycles. The van der Waals surface area contributed by atoms with E-state index >= 15 is 0 Å². The summed E-state index contributed by atoms with van der Waals surface area (Å²) >= 11 is 0. The Labute approximate surface area is 206 Å². The van der Waals surface area contributed by atoms with Gasteiger partial charge in [0.2, 0.25) is 0 Å². The summed E-state index contributed by atoms with van der Waals surface area (Å²) in [7, 11) is 0. The van der Waals surface area contributed by atoms with E-state index in [1.54, 1.807) is 0 Å². The number of carbonyl (C=O) groups is 1. The average Bonchev–Trinajstić information content (AvgIpc) is 3.12. The van der Waals surface area contributed by atoms with Crippen LogP contribution in [0.15, 0.2) is 12.2 Å². The minimum absolute atomic E-state index is 0.214. The average molecular weight is 477 g/mol. The SMILES string of the molecule is CC(=O)OCC(C)CC=CC(C)C1CCC2C3CC(O)C4(O)CC(O)CCC4(C)C3CCC12C. The highest BCUT2D eigenvalue weighted by Gasteiger charge is 2.67. The van der Waals surface area contributed by atoms with E-state index in [4.69, 9.17) is 4.74 Å². The molecule has 0 amide bonds. The summed E-state index contributed by atoms with van der Waals surface area (Å²) < 4.78 is 5.14. The van der Waals surface area contributed by atoms with Gasteiger partial charge in [-0.3, -0.25) is 4.79 Å². The number of allylic oxidation sites excluding steroid dienone is 2. The molecule has 4 saturated carbocycles. The number of esters is 1. The maximum atomic E-state index is 11.6. The van der Waals surface area contributed by atoms with Crippen molar-refractivity contribution in [3.8, 4) is 0 Å². The fourth-order valence-electron chi connectivity index (χ4n) is 9.15. The van der Waals surface area contributed by atoms with Crippen molar-refractivity contribution in [1.29, 1.82) is 0 Å². The first-order chi connectivity index (χ1) is 15.9. The van der Waals surface area contributed by atoms with Crippen LogP contribution in [-0.4, -0.2) is 45.7 Å². The fourth-order valence-corrected chi connectivity index (χ4v) is 9.15. The van der Waals surface area contributed by atoms with Crippen LogP contribution < -0.4 is 0 Å². The standard InChI is InChI=1S/C29H48O5/c1-18(17-34-20(3)30)7-6-8-19(2)23-9-10-24-22-15-26(32)29(33)16-21(31)11-14-28(29,5)25(22)12-13-27(23,24)4/h6,8,18-19,21-26,31-33H,7,9-17H2,1-5H3. The number of ether oxygens (including phenoxy) is 1. The second kappa shape index (κ2) is 9.52. The van der Waals surface area contributed by atoms with Crippen LogP contribution in [0.1, 0.15) is 92.4 Å². The zero-order valence-corrected chi connectivity index (χ0v) is 22.0. The molecule has 0 saturated heterocycles. The molecule has 0 bridgehead atoms. The van der Waals surface area contributed by atoms with Crippen molar-refractivity contribution >= 4 is 5.97 Å². The van der Waals surface area contributed by atoms with Gasteiger partial charge >= 0.3 is 5.97 Å². The monoisotopic (exact) mass is 476 g/mol. The lowest BCUT2D eigenvalue weighted by molar-refractivity contribution is -0.264. The van der Waals surface area contributed by atoms with Crippen LogP contribution in [0.25, 0.3) is 0 Å². The molecule has 5 nitrogen and oxygen atoms in total. The minimum Gasteiger partial charge on any atom is -0.466 e. The van der Waals surface area contributed by atoms with Gasteiger partial charge in [0, 0.05) is 18.8 Å². The number of aliphatic hydroxyl groups excluding tert-OH is 2. The molecule has 4 aliphatic rings. The lowest BCUT2D eigenvalue weighted by atomic mass is 9.42. The second-order valence-electron chi connectivity index (χ2n) is 13.0. The van der Waals surface area contributed by atoms with Gasteiger partial charge in [0.15, 0.2) is 0 Å². The van der Waals surface area contributed by atoms with Gasteiger partial charge in [-0.2, -0.15) is 0 Å². The summed E-state index contributed by atoms with van der Waals surface area (Å²) in [4.78, 5) is 11.0. The Balaban J connectivity index is 1.45. The number of carbonyl (C=O) groups excluding carboxylic acids is 1. The van der Waals surface area contributed by atoms with E-state index in [0.717, 1.165) is 25.7 Å². The highest BCUT2D eigenvalue weighted by Crippen LogP contribution is 2.69. The van der Waals surface area contributed by atoms with Gasteiger partial charge in [0.1, 0.15) is 0 Å². The summed E-state index contributed by atoms with van der Waals surface area (Å²) in [6, 6.07) is 0. The van der Waals surface area contributed by atoms with Gasteiger partial charge in [-0.1, -0.05) is 39.8 Å². The summed E-state index contributed by atoms with van der Waals surface area (Å²) in [5.74, 6) is 2.73. The Kier molecular flexibility index (Phi) is 7.32. The maximum Gasteiger partial charge on any atom is 0.302 e. The number of fused-ring (bicyclic) bond motifs is 5. The predicted molar refractivity (Wildman–Crippen MR) is 133 cm³/mol. The zero-order chi connectivity index (χ0) is 24.9. The van der Waals surface area contributed by atoms with E-state index < -0.39 is 17.8 Å². The highest BCUT2D eigenvalue weighted by atomic mass is 16.5. The summed E-state index contributed by atoms with van der Waals surface area (Å²) in [6.45, 7) is 11.1. The summed E-state index contributed by atoms with van der Waals surface area (Å²) in [5.41, 5.74) is -1.19. The first-order valence-corrected chi connectivity index (χ1v) is 13.8. The summed E-state index contributed by atoms with van der Waals surface area (Å²) in [6.07, 6.45) is 11.6. The molecule has 0 aliphatic heterocycles. The molecule has 34 heavy (non-hydrogen) atoms. The Hall–Kier alpha value is -0.910. The van der Waals surface area contributed by atoms with Crippen molar-refractivity contribution in [2.75, 3.05) is 6.61 Å². The van der Waals surface area contributed by atoms with Crippen LogP contribution >= 0.6 is 0 Å². The Morgan fingerprint density at radius 3 is 2.53 bits per heavy atom. The van der Waals surface area contributed by atoms with Crippen LogP contribution in [0.4, 0.5) is 0 Å². The van der Waals surface area contributed by atoms with Crippen molar-refractivity contribution in [2.24, 2.45) is 46.3 Å². The van der Waals surface area contributed by atoms with Crippen LogP contribution in [0.2, 0.25) is 0 Å². The Morgan fingerprint density at radius 1 is 1.09 bits per heavy atom. The van der Waals surface area contributed by atoms with E-state index in [1.807, 2.05) is 0 Å². The first kappa shape index (κ1) is 26.2. The van der Waals surface area contributed by atoms with Crippen molar-refractivity contribution in [3.63, 3.8) is 0 Å². The molecule has 0 aromatic heterocycles. The molecule has 4 fully saturated rings. The third kappa shape index (κ3) is 4.28. The van der Waals surface area contributed by atoms with Gasteiger partial charge in [-0.25, -0.2) is 0 Å². The van der Waals surface area contributed by atoms with Gasteiger partial charge in [-0.15, -0.1) is 0 Å². The third-order valence-electron chi connectivity index (χ3n) is 11.1. The lowest BCUT2D eigenvalue weighted by Crippen LogP contribution is -2.68. The molecule has 5 heteroatoms. The van der Waals surface area contributed by atoms with Crippen LogP contribution in [0.3, 0.4) is 0 Å². The Bertz CT molecular complexity index is 780. The van der Waals surface area contributed by atoms with E-state index in [9.17, 15) is 20.1 Å². The van der Waals surface area contributed by atoms with E-state index in [-0.39, 0.29) is 16.8 Å². The molecular formula is C29H48O5. The highest BCUT2D eigenvalue weighted by molar-refractivity contribution is 5.65. The van der Waals surface area contributed by atoms with Gasteiger partial charge < -0.3 is 20.1 Å². The molecule has 194 valence electrons. The zero-order valence-electron chi connectivity index (χ0n) is 22.0. The molecular weight excluding hydrogens is 428 g/mol. The van der Waals surface area contributed by atoms with Crippen LogP contribution in [-0.2, 0) is 9.53 Å². The molecule has 4 aliphatic carbocycles. The molecule has 11 unspecified atom stereocenters. The molecule has 0 aromatic rings. The quantitative estimate of drug-likeness (QED) is 0.376. The minimum atomic E-state index is -1.16. The van der Waals surface area contributed by atoms with E-state index in [0.29, 0.717) is 55.0 Å². The smallest absolute Gasteiger partial charge is 0.302 e. The molecule has 4 rings (SSSR count). The van der Waals surface area contributed by atoms with Crippen LogP contribution in [0, 0.1) is 46.3 Å². The van der Waals surface area contributed by atoms with Gasteiger partial charge in [0.05, 0.1) is 24.4 Å². The third-order valence-corrected chi connectivity index (χ3v) is 11.1. The lowest BCUT2D eigenvalue weighted by Gasteiger charge is -2.65. The van der Waals surface area contributed by atoms with Crippen LogP contribution in [0.5, 0.6) is 0 Å². The molecule has 11 atom stereocenters. The second-order valence-corrected chi connectivity index (χ2v) is 13.0. The molecule has 3 N–H and O–H groups in total. The van der Waals surface area contributed by atoms with E-state index in [1.165, 1.54) is 26.2 Å². The number of hydrogen-bond donors (Lipinski definition) is 3. The Morgan fingerprint density at radius 2 is 1.82 bits per heavy atom. The van der Waals surface area contributed by atoms with Crippen molar-refractivity contribution in [1.82, 2.24) is 0 Å². The molecule has 0 aromatic carbocycles. The first-order valence-electron chi connectivity index (χ1n) is 13.8. The normalized spacial score (nSPS) is 48.0. The maximum absolute atomic E-state index is 11.6. The fraction of sp³-hybridized carbons (Fsp3) is 0.897. The molecule has 0 spiro atoms. The topological polar surface area (TPSA) is 87.0 Å². The molecule has 0 radical (unpaired) electrons. The predicted octanol–water partition coefficient (Wildman–Crippen LogP) is 4.87. The van der Waals surface area contributed by atoms with Crippen molar-refractivity contribution in [2.45, 2.75) is 110 Å². The van der Waals surface area contributed by atoms with Gasteiger partial charge in [-0.05, 0) is 92.3 Å². The van der Waals surface area contributed by atoms with Gasteiger partial charge in [0.25, 0.3) is 0 Å². The number of hydrogen-bond acceptors (Lipinski definition) is 5. The summed E-state index contributed by atoms with van der Waals surface area (Å²) in [5, 5.41) is 33.1. The van der Waals surface area contributed by atoms with Crippen molar-refractivity contribution < 1.29 is 24.9 Å². The van der Waals surface area contributed by atoms with Crippen molar-refractivity contribution in [3.05, 3.63) is 12.2 Å². The number of rotatable bonds is 6. The number of aliphatic hydroxyl groups is 3. The largest absolute Gasteiger partial charge is 0.466 e. The van der Waals surface area contributed by atoms with E-state index in [2.05, 4.69) is 39.8 Å².